The summed E-state index contributed by atoms with van der Waals surface area (Å²) < 4.78 is 38.8. The molecule has 0 aliphatic carbocycles. The Bertz CT molecular complexity index is 1220. The number of aromatic nitrogens is 1. The van der Waals surface area contributed by atoms with Gasteiger partial charge in [-0.2, -0.15) is 13.2 Å². The molecule has 2 saturated heterocycles. The van der Waals surface area contributed by atoms with Gasteiger partial charge >= 0.3 is 6.18 Å². The van der Waals surface area contributed by atoms with Crippen LogP contribution in [-0.4, -0.2) is 64.9 Å². The van der Waals surface area contributed by atoms with Gasteiger partial charge in [0.2, 0.25) is 0 Å². The van der Waals surface area contributed by atoms with E-state index in [1.165, 1.54) is 17.4 Å². The highest BCUT2D eigenvalue weighted by atomic mass is 32.1. The second kappa shape index (κ2) is 10.0. The second-order valence-electron chi connectivity index (χ2n) is 9.26. The molecule has 0 unspecified atom stereocenters. The van der Waals surface area contributed by atoms with E-state index < -0.39 is 11.7 Å². The van der Waals surface area contributed by atoms with Crippen molar-refractivity contribution >= 4 is 23.2 Å². The molecule has 36 heavy (non-hydrogen) atoms. The summed E-state index contributed by atoms with van der Waals surface area (Å²) in [5.74, 6) is -0.104. The molecule has 0 saturated carbocycles. The molecule has 2 fully saturated rings. The average Bonchev–Trinajstić information content (AvgIpc) is 3.53. The number of benzene rings is 2. The van der Waals surface area contributed by atoms with Crippen molar-refractivity contribution in [3.05, 3.63) is 87.4 Å². The van der Waals surface area contributed by atoms with Crippen LogP contribution in [0.2, 0.25) is 0 Å². The molecule has 2 amide bonds. The SMILES string of the molecule is O=C(c1ccc(Cc2cccc(C(F)(F)F)c2)cc1)N1CC(N[C@H]2CCN(C(=O)c3cscn3)C2)C1. The zero-order chi connectivity index (χ0) is 25.3. The third-order valence-corrected chi connectivity index (χ3v) is 7.22. The van der Waals surface area contributed by atoms with Gasteiger partial charge < -0.3 is 15.1 Å². The number of hydrogen-bond acceptors (Lipinski definition) is 5. The van der Waals surface area contributed by atoms with Gasteiger partial charge in [-0.15, -0.1) is 11.3 Å². The van der Waals surface area contributed by atoms with E-state index in [2.05, 4.69) is 10.3 Å². The minimum atomic E-state index is -4.37. The van der Waals surface area contributed by atoms with E-state index in [0.717, 1.165) is 24.1 Å². The summed E-state index contributed by atoms with van der Waals surface area (Å²) in [5, 5.41) is 5.31. The Morgan fingerprint density at radius 3 is 2.42 bits per heavy atom. The van der Waals surface area contributed by atoms with Crippen molar-refractivity contribution in [2.24, 2.45) is 0 Å². The fraction of sp³-hybridized carbons (Fsp3) is 0.346. The van der Waals surface area contributed by atoms with Gasteiger partial charge in [-0.05, 0) is 42.2 Å². The molecule has 6 nitrogen and oxygen atoms in total. The smallest absolute Gasteiger partial charge is 0.336 e. The molecule has 1 N–H and O–H groups in total. The van der Waals surface area contributed by atoms with Crippen molar-refractivity contribution in [3.63, 3.8) is 0 Å². The Morgan fingerprint density at radius 1 is 0.972 bits per heavy atom. The maximum Gasteiger partial charge on any atom is 0.416 e. The van der Waals surface area contributed by atoms with Crippen molar-refractivity contribution in [1.82, 2.24) is 20.1 Å². The van der Waals surface area contributed by atoms with Crippen molar-refractivity contribution in [2.75, 3.05) is 26.2 Å². The van der Waals surface area contributed by atoms with Crippen LogP contribution in [0.15, 0.2) is 59.4 Å². The topological polar surface area (TPSA) is 65.5 Å². The van der Waals surface area contributed by atoms with Crippen molar-refractivity contribution in [3.8, 4) is 0 Å². The minimum absolute atomic E-state index is 0.0394. The second-order valence-corrected chi connectivity index (χ2v) is 9.97. The predicted octanol–water partition coefficient (Wildman–Crippen LogP) is 4.08. The summed E-state index contributed by atoms with van der Waals surface area (Å²) in [6.07, 6.45) is -3.14. The van der Waals surface area contributed by atoms with Crippen LogP contribution in [0, 0.1) is 0 Å². The van der Waals surface area contributed by atoms with Gasteiger partial charge in [-0.25, -0.2) is 4.98 Å². The van der Waals surface area contributed by atoms with E-state index in [0.29, 0.717) is 49.4 Å². The molecule has 2 aliphatic rings. The van der Waals surface area contributed by atoms with E-state index in [9.17, 15) is 22.8 Å². The molecule has 0 bridgehead atoms. The third-order valence-electron chi connectivity index (χ3n) is 6.63. The van der Waals surface area contributed by atoms with Crippen LogP contribution < -0.4 is 5.32 Å². The average molecular weight is 515 g/mol. The van der Waals surface area contributed by atoms with Crippen LogP contribution in [-0.2, 0) is 12.6 Å². The molecular weight excluding hydrogens is 489 g/mol. The van der Waals surface area contributed by atoms with Crippen LogP contribution in [0.4, 0.5) is 13.2 Å². The number of halogens is 3. The number of rotatable bonds is 6. The first-order chi connectivity index (χ1) is 17.3. The summed E-state index contributed by atoms with van der Waals surface area (Å²) in [7, 11) is 0. The lowest BCUT2D eigenvalue weighted by Crippen LogP contribution is -2.62. The largest absolute Gasteiger partial charge is 0.416 e. The lowest BCUT2D eigenvalue weighted by Gasteiger charge is -2.41. The van der Waals surface area contributed by atoms with Crippen LogP contribution in [0.1, 0.15) is 44.0 Å². The summed E-state index contributed by atoms with van der Waals surface area (Å²) in [6, 6.07) is 12.7. The first-order valence-electron chi connectivity index (χ1n) is 11.7. The summed E-state index contributed by atoms with van der Waals surface area (Å²) >= 11 is 1.41. The Morgan fingerprint density at radius 2 is 1.72 bits per heavy atom. The lowest BCUT2D eigenvalue weighted by atomic mass is 10.0. The van der Waals surface area contributed by atoms with Crippen molar-refractivity contribution < 1.29 is 22.8 Å². The molecule has 3 aromatic rings. The number of thiazole rings is 1. The number of amides is 2. The standard InChI is InChI=1S/C26H25F3N4O2S/c27-26(28,29)20-3-1-2-18(11-20)10-17-4-6-19(7-5-17)24(34)33-13-22(14-33)31-21-8-9-32(12-21)25(35)23-15-36-16-30-23/h1-7,11,15-16,21-22,31H,8-10,12-14H2/t21-/m0/s1. The Hall–Kier alpha value is -3.24. The molecule has 5 rings (SSSR count). The molecule has 10 heteroatoms. The normalized spacial score (nSPS) is 18.4. The van der Waals surface area contributed by atoms with Gasteiger partial charge in [0.15, 0.2) is 0 Å². The van der Waals surface area contributed by atoms with E-state index in [-0.39, 0.29) is 23.9 Å². The molecule has 3 heterocycles. The van der Waals surface area contributed by atoms with E-state index in [1.54, 1.807) is 46.1 Å². The molecular formula is C26H25F3N4O2S. The Balaban J connectivity index is 1.09. The number of likely N-dealkylation sites (tertiary alicyclic amines) is 2. The van der Waals surface area contributed by atoms with Gasteiger partial charge in [0.25, 0.3) is 11.8 Å². The first kappa shape index (κ1) is 24.5. The fourth-order valence-corrected chi connectivity index (χ4v) is 5.21. The highest BCUT2D eigenvalue weighted by Gasteiger charge is 2.35. The van der Waals surface area contributed by atoms with Gasteiger partial charge in [0, 0.05) is 49.2 Å². The lowest BCUT2D eigenvalue weighted by molar-refractivity contribution is -0.137. The molecule has 2 aliphatic heterocycles. The maximum absolute atomic E-state index is 12.9. The zero-order valence-electron chi connectivity index (χ0n) is 19.4. The van der Waals surface area contributed by atoms with Crippen LogP contribution >= 0.6 is 11.3 Å². The quantitative estimate of drug-likeness (QED) is 0.539. The molecule has 0 radical (unpaired) electrons. The summed E-state index contributed by atoms with van der Waals surface area (Å²) in [4.78, 5) is 32.9. The highest BCUT2D eigenvalue weighted by Crippen LogP contribution is 2.30. The van der Waals surface area contributed by atoms with Gasteiger partial charge in [-0.1, -0.05) is 30.3 Å². The Labute approximate surface area is 210 Å². The van der Waals surface area contributed by atoms with E-state index >= 15 is 0 Å². The van der Waals surface area contributed by atoms with Gasteiger partial charge in [-0.3, -0.25) is 9.59 Å². The number of nitrogens with zero attached hydrogens (tertiary/aromatic N) is 3. The van der Waals surface area contributed by atoms with Crippen LogP contribution in [0.3, 0.4) is 0 Å². The number of hydrogen-bond donors (Lipinski definition) is 1. The van der Waals surface area contributed by atoms with Gasteiger partial charge in [0.1, 0.15) is 5.69 Å². The first-order valence-corrected chi connectivity index (χ1v) is 12.7. The van der Waals surface area contributed by atoms with Crippen LogP contribution in [0.5, 0.6) is 0 Å². The molecule has 188 valence electrons. The zero-order valence-corrected chi connectivity index (χ0v) is 20.2. The molecule has 1 aromatic heterocycles. The van der Waals surface area contributed by atoms with Crippen molar-refractivity contribution in [2.45, 2.75) is 31.1 Å². The van der Waals surface area contributed by atoms with E-state index in [1.807, 2.05) is 4.90 Å². The maximum atomic E-state index is 12.9. The van der Waals surface area contributed by atoms with Crippen LogP contribution in [0.25, 0.3) is 0 Å². The monoisotopic (exact) mass is 514 g/mol. The number of carbonyl (C=O) groups is 2. The minimum Gasteiger partial charge on any atom is -0.336 e. The number of alkyl halides is 3. The summed E-state index contributed by atoms with van der Waals surface area (Å²) in [5.41, 5.74) is 3.45. The number of nitrogens with one attached hydrogen (secondary N) is 1. The third kappa shape index (κ3) is 5.44. The summed E-state index contributed by atoms with van der Waals surface area (Å²) in [6.45, 7) is 2.52. The molecule has 0 spiro atoms. The van der Waals surface area contributed by atoms with Gasteiger partial charge in [0.05, 0.1) is 11.1 Å². The predicted molar refractivity (Wildman–Crippen MR) is 130 cm³/mol. The van der Waals surface area contributed by atoms with Crippen molar-refractivity contribution in [1.29, 1.82) is 0 Å². The Kier molecular flexibility index (Phi) is 6.81. The molecule has 1 atom stereocenters. The van der Waals surface area contributed by atoms with E-state index in [4.69, 9.17) is 0 Å². The highest BCUT2D eigenvalue weighted by molar-refractivity contribution is 7.07. The molecule has 2 aromatic carbocycles. The fourth-order valence-electron chi connectivity index (χ4n) is 4.69. The number of carbonyl (C=O) groups excluding carboxylic acids is 2.